The maximum Gasteiger partial charge on any atom is 0.304 e. The molecule has 0 spiro atoms. The number of hydrogen-bond donors (Lipinski definition) is 5. The highest BCUT2D eigenvalue weighted by molar-refractivity contribution is 5.67. The monoisotopic (exact) mass is 207 g/mol. The molecule has 0 fully saturated rings. The highest BCUT2D eigenvalue weighted by Crippen LogP contribution is 2.05. The molecule has 0 aliphatic carbocycles. The van der Waals surface area contributed by atoms with Crippen molar-refractivity contribution in [3.8, 4) is 0 Å². The van der Waals surface area contributed by atoms with Crippen LogP contribution in [-0.4, -0.2) is 57.8 Å². The number of carboxylic acids is 1. The van der Waals surface area contributed by atoms with E-state index in [0.29, 0.717) is 0 Å². The van der Waals surface area contributed by atoms with Gasteiger partial charge in [0, 0.05) is 6.04 Å². The second-order valence-corrected chi connectivity index (χ2v) is 3.40. The second kappa shape index (κ2) is 5.92. The number of rotatable bonds is 7. The third-order valence-electron chi connectivity index (χ3n) is 1.94. The largest absolute Gasteiger partial charge is 0.481 e. The molecule has 0 aromatic carbocycles. The standard InChI is InChI=1S/C8H17NO5/c1-6(2-7(13)14)9-8(3-10,4-11)5-12/h6,9-12H,2-5H2,1H3,(H,13,14). The summed E-state index contributed by atoms with van der Waals surface area (Å²) in [5.41, 5.74) is -1.21. The van der Waals surface area contributed by atoms with Crippen LogP contribution >= 0.6 is 0 Å². The predicted octanol–water partition coefficient (Wildman–Crippen LogP) is -1.85. The summed E-state index contributed by atoms with van der Waals surface area (Å²) < 4.78 is 0. The summed E-state index contributed by atoms with van der Waals surface area (Å²) in [6, 6.07) is -0.432. The molecule has 0 aromatic heterocycles. The summed E-state index contributed by atoms with van der Waals surface area (Å²) in [4.78, 5) is 10.3. The smallest absolute Gasteiger partial charge is 0.304 e. The lowest BCUT2D eigenvalue weighted by atomic mass is 10.0. The second-order valence-electron chi connectivity index (χ2n) is 3.40. The Morgan fingerprint density at radius 3 is 2.00 bits per heavy atom. The SMILES string of the molecule is CC(CC(=O)O)NC(CO)(CO)CO. The lowest BCUT2D eigenvalue weighted by Crippen LogP contribution is -2.58. The van der Waals surface area contributed by atoms with Gasteiger partial charge in [0.15, 0.2) is 0 Å². The van der Waals surface area contributed by atoms with Crippen molar-refractivity contribution in [3.05, 3.63) is 0 Å². The van der Waals surface area contributed by atoms with E-state index in [1.54, 1.807) is 6.92 Å². The molecule has 0 amide bonds. The summed E-state index contributed by atoms with van der Waals surface area (Å²) in [7, 11) is 0. The van der Waals surface area contributed by atoms with Crippen LogP contribution in [0.25, 0.3) is 0 Å². The lowest BCUT2D eigenvalue weighted by Gasteiger charge is -2.31. The Labute approximate surface area is 82.2 Å². The van der Waals surface area contributed by atoms with Gasteiger partial charge in [0.25, 0.3) is 0 Å². The number of aliphatic hydroxyl groups excluding tert-OH is 3. The molecule has 0 aliphatic heterocycles. The highest BCUT2D eigenvalue weighted by atomic mass is 16.4. The van der Waals surface area contributed by atoms with E-state index in [-0.39, 0.29) is 6.42 Å². The van der Waals surface area contributed by atoms with Gasteiger partial charge in [-0.15, -0.1) is 0 Å². The summed E-state index contributed by atoms with van der Waals surface area (Å²) in [6.07, 6.45) is -0.137. The Balaban J connectivity index is 4.21. The topological polar surface area (TPSA) is 110 Å². The molecule has 1 atom stereocenters. The lowest BCUT2D eigenvalue weighted by molar-refractivity contribution is -0.137. The first-order chi connectivity index (χ1) is 6.49. The maximum absolute atomic E-state index is 10.3. The van der Waals surface area contributed by atoms with Gasteiger partial charge in [-0.1, -0.05) is 0 Å². The molecule has 5 N–H and O–H groups in total. The molecule has 6 nitrogen and oxygen atoms in total. The van der Waals surface area contributed by atoms with Crippen molar-refractivity contribution in [2.75, 3.05) is 19.8 Å². The van der Waals surface area contributed by atoms with Crippen LogP contribution in [0.4, 0.5) is 0 Å². The van der Waals surface area contributed by atoms with Crippen molar-refractivity contribution in [2.24, 2.45) is 0 Å². The van der Waals surface area contributed by atoms with Gasteiger partial charge < -0.3 is 25.7 Å². The van der Waals surface area contributed by atoms with E-state index in [0.717, 1.165) is 0 Å². The summed E-state index contributed by atoms with van der Waals surface area (Å²) in [5, 5.41) is 37.9. The molecule has 0 rings (SSSR count). The Hall–Kier alpha value is -0.690. The number of nitrogens with one attached hydrogen (secondary N) is 1. The van der Waals surface area contributed by atoms with Gasteiger partial charge in [-0.3, -0.25) is 4.79 Å². The molecule has 0 bridgehead atoms. The van der Waals surface area contributed by atoms with Crippen molar-refractivity contribution in [1.82, 2.24) is 5.32 Å². The van der Waals surface area contributed by atoms with E-state index in [9.17, 15) is 4.79 Å². The van der Waals surface area contributed by atoms with Gasteiger partial charge >= 0.3 is 5.97 Å². The van der Waals surface area contributed by atoms with Gasteiger partial charge in [0.1, 0.15) is 0 Å². The molecule has 0 heterocycles. The molecular weight excluding hydrogens is 190 g/mol. The highest BCUT2D eigenvalue weighted by Gasteiger charge is 2.29. The van der Waals surface area contributed by atoms with Crippen LogP contribution in [0.3, 0.4) is 0 Å². The molecule has 14 heavy (non-hydrogen) atoms. The first-order valence-electron chi connectivity index (χ1n) is 4.31. The zero-order valence-corrected chi connectivity index (χ0v) is 8.10. The minimum absolute atomic E-state index is 0.137. The first kappa shape index (κ1) is 13.3. The van der Waals surface area contributed by atoms with Crippen molar-refractivity contribution in [2.45, 2.75) is 24.9 Å². The molecule has 0 aliphatic rings. The summed E-state index contributed by atoms with van der Waals surface area (Å²) >= 11 is 0. The van der Waals surface area contributed by atoms with Gasteiger partial charge in [0.05, 0.1) is 31.8 Å². The Morgan fingerprint density at radius 2 is 1.71 bits per heavy atom. The Morgan fingerprint density at radius 1 is 1.29 bits per heavy atom. The average Bonchev–Trinajstić information content (AvgIpc) is 2.13. The van der Waals surface area contributed by atoms with E-state index in [1.807, 2.05) is 0 Å². The molecule has 6 heteroatoms. The van der Waals surface area contributed by atoms with Crippen LogP contribution < -0.4 is 5.32 Å². The van der Waals surface area contributed by atoms with E-state index in [2.05, 4.69) is 5.32 Å². The van der Waals surface area contributed by atoms with Gasteiger partial charge in [-0.2, -0.15) is 0 Å². The fraction of sp³-hybridized carbons (Fsp3) is 0.875. The van der Waals surface area contributed by atoms with Crippen LogP contribution in [0.2, 0.25) is 0 Å². The third kappa shape index (κ3) is 4.01. The fourth-order valence-corrected chi connectivity index (χ4v) is 1.12. The number of hydrogen-bond acceptors (Lipinski definition) is 5. The van der Waals surface area contributed by atoms with Crippen LogP contribution in [-0.2, 0) is 4.79 Å². The Kier molecular flexibility index (Phi) is 5.63. The number of aliphatic hydroxyl groups is 3. The average molecular weight is 207 g/mol. The maximum atomic E-state index is 10.3. The van der Waals surface area contributed by atoms with E-state index in [1.165, 1.54) is 0 Å². The minimum Gasteiger partial charge on any atom is -0.481 e. The van der Waals surface area contributed by atoms with Crippen molar-refractivity contribution < 1.29 is 25.2 Å². The first-order valence-corrected chi connectivity index (χ1v) is 4.31. The summed E-state index contributed by atoms with van der Waals surface area (Å²) in [5.74, 6) is -0.979. The van der Waals surface area contributed by atoms with Crippen molar-refractivity contribution >= 4 is 5.97 Å². The number of carbonyl (C=O) groups is 1. The summed E-state index contributed by atoms with van der Waals surface area (Å²) in [6.45, 7) is 0.238. The zero-order valence-electron chi connectivity index (χ0n) is 8.10. The third-order valence-corrected chi connectivity index (χ3v) is 1.94. The fourth-order valence-electron chi connectivity index (χ4n) is 1.12. The molecule has 0 aromatic rings. The molecule has 1 unspecified atom stereocenters. The van der Waals surface area contributed by atoms with Crippen molar-refractivity contribution in [1.29, 1.82) is 0 Å². The van der Waals surface area contributed by atoms with Crippen LogP contribution in [0.1, 0.15) is 13.3 Å². The number of aliphatic carboxylic acids is 1. The quantitative estimate of drug-likeness (QED) is 0.335. The van der Waals surface area contributed by atoms with Crippen LogP contribution in [0.15, 0.2) is 0 Å². The van der Waals surface area contributed by atoms with E-state index >= 15 is 0 Å². The van der Waals surface area contributed by atoms with Gasteiger partial charge in [-0.25, -0.2) is 0 Å². The molecular formula is C8H17NO5. The van der Waals surface area contributed by atoms with Gasteiger partial charge in [-0.05, 0) is 6.92 Å². The normalized spacial score (nSPS) is 14.0. The molecule has 0 saturated carbocycles. The molecule has 84 valence electrons. The predicted molar refractivity (Wildman–Crippen MR) is 48.8 cm³/mol. The number of carboxylic acid groups (broad SMARTS) is 1. The van der Waals surface area contributed by atoms with Crippen molar-refractivity contribution in [3.63, 3.8) is 0 Å². The zero-order chi connectivity index (χ0) is 11.2. The minimum atomic E-state index is -1.21. The van der Waals surface area contributed by atoms with Crippen LogP contribution in [0.5, 0.6) is 0 Å². The van der Waals surface area contributed by atoms with E-state index in [4.69, 9.17) is 20.4 Å². The Bertz CT molecular complexity index is 172. The van der Waals surface area contributed by atoms with Crippen LogP contribution in [0, 0.1) is 0 Å². The molecule has 0 saturated heterocycles. The molecule has 0 radical (unpaired) electrons. The van der Waals surface area contributed by atoms with Gasteiger partial charge in [0.2, 0.25) is 0 Å². The van der Waals surface area contributed by atoms with E-state index < -0.39 is 37.4 Å².